The van der Waals surface area contributed by atoms with Crippen molar-refractivity contribution in [2.24, 2.45) is 0 Å². The van der Waals surface area contributed by atoms with E-state index in [1.165, 1.54) is 13.2 Å². The number of ether oxygens (including phenoxy) is 1. The fraction of sp³-hybridized carbons (Fsp3) is 0.143. The van der Waals surface area contributed by atoms with Crippen molar-refractivity contribution in [2.75, 3.05) is 7.11 Å². The molecule has 2 nitrogen and oxygen atoms in total. The van der Waals surface area contributed by atoms with Gasteiger partial charge in [-0.3, -0.25) is 0 Å². The molecule has 0 radical (unpaired) electrons. The Morgan fingerprint density at radius 3 is 2.73 bits per heavy atom. The van der Waals surface area contributed by atoms with Crippen LogP contribution in [0.5, 0.6) is 11.5 Å². The van der Waals surface area contributed by atoms with E-state index in [1.54, 1.807) is 0 Å². The fourth-order valence-electron chi connectivity index (χ4n) is 0.699. The van der Waals surface area contributed by atoms with Crippen molar-refractivity contribution >= 4 is 15.9 Å². The molecule has 60 valence electrons. The molecule has 0 aliphatic rings. The molecule has 0 aliphatic heterocycles. The molecule has 0 bridgehead atoms. The van der Waals surface area contributed by atoms with Gasteiger partial charge in [0.05, 0.1) is 7.11 Å². The second kappa shape index (κ2) is 3.09. The average molecular weight is 221 g/mol. The van der Waals surface area contributed by atoms with E-state index in [2.05, 4.69) is 15.9 Å². The van der Waals surface area contributed by atoms with Gasteiger partial charge in [-0.25, -0.2) is 4.39 Å². The molecule has 0 amide bonds. The number of rotatable bonds is 1. The van der Waals surface area contributed by atoms with Crippen molar-refractivity contribution in [3.05, 3.63) is 22.4 Å². The second-order valence-corrected chi connectivity index (χ2v) is 2.73. The van der Waals surface area contributed by atoms with Crippen molar-refractivity contribution in [1.82, 2.24) is 0 Å². The van der Waals surface area contributed by atoms with Gasteiger partial charge in [0.1, 0.15) is 21.8 Å². The van der Waals surface area contributed by atoms with Gasteiger partial charge in [0.15, 0.2) is 0 Å². The van der Waals surface area contributed by atoms with Gasteiger partial charge in [0, 0.05) is 12.1 Å². The normalized spacial score (nSPS) is 9.73. The number of aromatic hydroxyl groups is 1. The Bertz CT molecular complexity index is 275. The van der Waals surface area contributed by atoms with Crippen LogP contribution < -0.4 is 4.74 Å². The summed E-state index contributed by atoms with van der Waals surface area (Å²) in [5.74, 6) is -0.410. The van der Waals surface area contributed by atoms with Crippen molar-refractivity contribution < 1.29 is 14.2 Å². The topological polar surface area (TPSA) is 29.5 Å². The van der Waals surface area contributed by atoms with E-state index in [4.69, 9.17) is 9.84 Å². The van der Waals surface area contributed by atoms with Gasteiger partial charge in [0.25, 0.3) is 0 Å². The van der Waals surface area contributed by atoms with Crippen LogP contribution in [0.15, 0.2) is 16.6 Å². The minimum Gasteiger partial charge on any atom is -0.507 e. The highest BCUT2D eigenvalue weighted by Crippen LogP contribution is 2.33. The molecule has 0 saturated carbocycles. The molecule has 1 aromatic carbocycles. The molecule has 11 heavy (non-hydrogen) atoms. The largest absolute Gasteiger partial charge is 0.507 e. The quantitative estimate of drug-likeness (QED) is 0.788. The van der Waals surface area contributed by atoms with E-state index in [0.29, 0.717) is 4.47 Å². The molecule has 0 aromatic heterocycles. The van der Waals surface area contributed by atoms with E-state index in [9.17, 15) is 4.39 Å². The molecule has 4 heteroatoms. The van der Waals surface area contributed by atoms with Crippen LogP contribution in [0.1, 0.15) is 0 Å². The Morgan fingerprint density at radius 1 is 1.55 bits per heavy atom. The molecule has 1 rings (SSSR count). The lowest BCUT2D eigenvalue weighted by Gasteiger charge is -2.03. The number of methoxy groups -OCH3 is 1. The van der Waals surface area contributed by atoms with Crippen molar-refractivity contribution in [1.29, 1.82) is 0 Å². The molecule has 0 aliphatic carbocycles. The molecule has 1 N–H and O–H groups in total. The third-order valence-electron chi connectivity index (χ3n) is 1.20. The van der Waals surface area contributed by atoms with Crippen LogP contribution >= 0.6 is 15.9 Å². The maximum Gasteiger partial charge on any atom is 0.139 e. The van der Waals surface area contributed by atoms with Crippen LogP contribution in [-0.4, -0.2) is 12.2 Å². The molecule has 0 saturated heterocycles. The summed E-state index contributed by atoms with van der Waals surface area (Å²) in [7, 11) is 1.40. The molecule has 0 heterocycles. The highest BCUT2D eigenvalue weighted by atomic mass is 79.9. The average Bonchev–Trinajstić information content (AvgIpc) is 1.96. The van der Waals surface area contributed by atoms with Crippen molar-refractivity contribution in [3.63, 3.8) is 0 Å². The summed E-state index contributed by atoms with van der Waals surface area (Å²) in [5.41, 5.74) is 0. The Labute approximate surface area is 71.7 Å². The first-order valence-electron chi connectivity index (χ1n) is 2.87. The minimum atomic E-state index is -0.525. The SMILES string of the molecule is COc1cc(F)cc(O)c1Br. The Hall–Kier alpha value is -0.770. The minimum absolute atomic E-state index is 0.165. The van der Waals surface area contributed by atoms with E-state index in [0.717, 1.165) is 6.07 Å². The van der Waals surface area contributed by atoms with Crippen LogP contribution in [0.25, 0.3) is 0 Å². The standard InChI is InChI=1S/C7H6BrFO2/c1-11-6-3-4(9)2-5(10)7(6)8/h2-3,10H,1H3. The third-order valence-corrected chi connectivity index (χ3v) is 2.00. The van der Waals surface area contributed by atoms with E-state index >= 15 is 0 Å². The number of hydrogen-bond acceptors (Lipinski definition) is 2. The summed E-state index contributed by atoms with van der Waals surface area (Å²) in [4.78, 5) is 0. The molecular formula is C7H6BrFO2. The first-order valence-corrected chi connectivity index (χ1v) is 3.66. The van der Waals surface area contributed by atoms with Gasteiger partial charge >= 0.3 is 0 Å². The van der Waals surface area contributed by atoms with Crippen LogP contribution in [0.3, 0.4) is 0 Å². The summed E-state index contributed by atoms with van der Waals surface area (Å²) >= 11 is 3.03. The zero-order valence-electron chi connectivity index (χ0n) is 5.77. The van der Waals surface area contributed by atoms with Gasteiger partial charge in [-0.2, -0.15) is 0 Å². The van der Waals surface area contributed by atoms with Crippen molar-refractivity contribution in [2.45, 2.75) is 0 Å². The van der Waals surface area contributed by atoms with E-state index in [1.807, 2.05) is 0 Å². The predicted octanol–water partition coefficient (Wildman–Crippen LogP) is 2.30. The summed E-state index contributed by atoms with van der Waals surface area (Å²) in [6, 6.07) is 2.19. The Balaban J connectivity index is 3.24. The molecule has 0 unspecified atom stereocenters. The number of benzene rings is 1. The molecule has 1 aromatic rings. The lowest BCUT2D eigenvalue weighted by atomic mass is 10.3. The first-order chi connectivity index (χ1) is 5.15. The van der Waals surface area contributed by atoms with Gasteiger partial charge in [-0.05, 0) is 15.9 Å². The highest BCUT2D eigenvalue weighted by Gasteiger charge is 2.07. The summed E-state index contributed by atoms with van der Waals surface area (Å²) in [6.07, 6.45) is 0. The lowest BCUT2D eigenvalue weighted by molar-refractivity contribution is 0.398. The van der Waals surface area contributed by atoms with Crippen LogP contribution in [-0.2, 0) is 0 Å². The second-order valence-electron chi connectivity index (χ2n) is 1.94. The van der Waals surface area contributed by atoms with Gasteiger partial charge < -0.3 is 9.84 Å². The lowest BCUT2D eigenvalue weighted by Crippen LogP contribution is -1.86. The monoisotopic (exact) mass is 220 g/mol. The van der Waals surface area contributed by atoms with Gasteiger partial charge in [0.2, 0.25) is 0 Å². The molecular weight excluding hydrogens is 215 g/mol. The Kier molecular flexibility index (Phi) is 2.34. The maximum atomic E-state index is 12.5. The fourth-order valence-corrected chi connectivity index (χ4v) is 1.09. The zero-order chi connectivity index (χ0) is 8.43. The smallest absolute Gasteiger partial charge is 0.139 e. The molecule has 0 spiro atoms. The first kappa shape index (κ1) is 8.33. The maximum absolute atomic E-state index is 12.5. The molecule has 0 fully saturated rings. The van der Waals surface area contributed by atoms with Crippen molar-refractivity contribution in [3.8, 4) is 11.5 Å². The predicted molar refractivity (Wildman–Crippen MR) is 42.3 cm³/mol. The highest BCUT2D eigenvalue weighted by molar-refractivity contribution is 9.10. The zero-order valence-corrected chi connectivity index (χ0v) is 7.35. The van der Waals surface area contributed by atoms with E-state index < -0.39 is 5.82 Å². The number of phenolic OH excluding ortho intramolecular Hbond substituents is 1. The number of hydrogen-bond donors (Lipinski definition) is 1. The summed E-state index contributed by atoms with van der Waals surface area (Å²) in [5, 5.41) is 9.05. The summed E-state index contributed by atoms with van der Waals surface area (Å²) in [6.45, 7) is 0. The van der Waals surface area contributed by atoms with Crippen LogP contribution in [0.2, 0.25) is 0 Å². The Morgan fingerprint density at radius 2 is 2.18 bits per heavy atom. The van der Waals surface area contributed by atoms with Gasteiger partial charge in [-0.15, -0.1) is 0 Å². The van der Waals surface area contributed by atoms with E-state index in [-0.39, 0.29) is 11.5 Å². The third kappa shape index (κ3) is 1.63. The summed E-state index contributed by atoms with van der Waals surface area (Å²) < 4.78 is 17.7. The van der Waals surface area contributed by atoms with Crippen LogP contribution in [0.4, 0.5) is 4.39 Å². The number of phenols is 1. The molecule has 0 atom stereocenters. The number of halogens is 2. The van der Waals surface area contributed by atoms with Gasteiger partial charge in [-0.1, -0.05) is 0 Å². The van der Waals surface area contributed by atoms with Crippen LogP contribution in [0, 0.1) is 5.82 Å².